The Balaban J connectivity index is 1.82. The molecule has 0 atom stereocenters. The zero-order valence-corrected chi connectivity index (χ0v) is 15.4. The lowest BCUT2D eigenvalue weighted by atomic mass is 10.2. The summed E-state index contributed by atoms with van der Waals surface area (Å²) in [5, 5.41) is 9.52. The first-order valence-corrected chi connectivity index (χ1v) is 8.08. The minimum atomic E-state index is -0.400. The van der Waals surface area contributed by atoms with Gasteiger partial charge in [0.05, 0.1) is 19.9 Å². The Morgan fingerprint density at radius 1 is 1.07 bits per heavy atom. The van der Waals surface area contributed by atoms with Crippen LogP contribution in [-0.4, -0.2) is 35.3 Å². The van der Waals surface area contributed by atoms with Crippen LogP contribution in [0.3, 0.4) is 0 Å². The summed E-state index contributed by atoms with van der Waals surface area (Å²) in [4.78, 5) is 21.1. The van der Waals surface area contributed by atoms with E-state index < -0.39 is 5.91 Å². The molecule has 1 amide bonds. The maximum absolute atomic E-state index is 12.6. The van der Waals surface area contributed by atoms with Crippen LogP contribution in [0.4, 0.5) is 17.5 Å². The molecule has 2 N–H and O–H groups in total. The van der Waals surface area contributed by atoms with Crippen molar-refractivity contribution in [2.45, 2.75) is 13.8 Å². The van der Waals surface area contributed by atoms with Crippen molar-refractivity contribution >= 4 is 23.4 Å². The summed E-state index contributed by atoms with van der Waals surface area (Å²) in [6.07, 6.45) is 0. The molecule has 0 radical (unpaired) electrons. The van der Waals surface area contributed by atoms with Gasteiger partial charge in [0, 0.05) is 17.8 Å². The van der Waals surface area contributed by atoms with Crippen molar-refractivity contribution in [1.29, 1.82) is 0 Å². The molecule has 9 heteroatoms. The molecule has 140 valence electrons. The molecule has 0 saturated heterocycles. The number of carbonyl (C=O) groups is 1. The van der Waals surface area contributed by atoms with Gasteiger partial charge in [-0.05, 0) is 32.0 Å². The summed E-state index contributed by atoms with van der Waals surface area (Å²) < 4.78 is 15.4. The lowest BCUT2D eigenvalue weighted by molar-refractivity contribution is 0.102. The molecule has 0 aliphatic heterocycles. The summed E-state index contributed by atoms with van der Waals surface area (Å²) >= 11 is 0. The van der Waals surface area contributed by atoms with Gasteiger partial charge in [-0.3, -0.25) is 4.79 Å². The van der Waals surface area contributed by atoms with Crippen LogP contribution in [0.25, 0.3) is 0 Å². The van der Waals surface area contributed by atoms with Gasteiger partial charge in [-0.25, -0.2) is 9.97 Å². The largest absolute Gasteiger partial charge is 0.497 e. The molecule has 27 heavy (non-hydrogen) atoms. The lowest BCUT2D eigenvalue weighted by Gasteiger charge is -2.12. The van der Waals surface area contributed by atoms with Crippen molar-refractivity contribution < 1.29 is 18.8 Å². The zero-order chi connectivity index (χ0) is 19.4. The standard InChI is InChI=1S/C18H19N5O4/c1-10-7-14(21-18(19-10)22-16-8-11(2)27-23-16)17(24)20-13-6-5-12(25-3)9-15(13)26-4/h5-9H,1-4H3,(H,20,24)(H,19,21,22,23). The fourth-order valence-electron chi connectivity index (χ4n) is 2.37. The van der Waals surface area contributed by atoms with E-state index in [1.807, 2.05) is 0 Å². The van der Waals surface area contributed by atoms with Crippen LogP contribution in [0.1, 0.15) is 21.9 Å². The number of nitrogens with one attached hydrogen (secondary N) is 2. The number of aryl methyl sites for hydroxylation is 2. The van der Waals surface area contributed by atoms with Crippen LogP contribution in [0.5, 0.6) is 11.5 Å². The molecule has 0 spiro atoms. The minimum Gasteiger partial charge on any atom is -0.497 e. The second-order valence-corrected chi connectivity index (χ2v) is 5.69. The number of hydrogen-bond donors (Lipinski definition) is 2. The van der Waals surface area contributed by atoms with Crippen LogP contribution >= 0.6 is 0 Å². The van der Waals surface area contributed by atoms with Crippen molar-refractivity contribution in [3.05, 3.63) is 47.5 Å². The Bertz CT molecular complexity index is 970. The summed E-state index contributed by atoms with van der Waals surface area (Å²) in [6, 6.07) is 8.39. The second-order valence-electron chi connectivity index (χ2n) is 5.69. The molecule has 3 aromatic rings. The van der Waals surface area contributed by atoms with Crippen LogP contribution in [-0.2, 0) is 0 Å². The molecule has 9 nitrogen and oxygen atoms in total. The van der Waals surface area contributed by atoms with E-state index >= 15 is 0 Å². The second kappa shape index (κ2) is 7.73. The number of ether oxygens (including phenoxy) is 2. The van der Waals surface area contributed by atoms with Crippen molar-refractivity contribution in [2.24, 2.45) is 0 Å². The number of carbonyl (C=O) groups excluding carboxylic acids is 1. The Morgan fingerprint density at radius 3 is 2.56 bits per heavy atom. The van der Waals surface area contributed by atoms with Crippen molar-refractivity contribution in [1.82, 2.24) is 15.1 Å². The van der Waals surface area contributed by atoms with Gasteiger partial charge < -0.3 is 24.6 Å². The fraction of sp³-hybridized carbons (Fsp3) is 0.222. The van der Waals surface area contributed by atoms with E-state index in [0.717, 1.165) is 0 Å². The quantitative estimate of drug-likeness (QED) is 0.682. The molecular weight excluding hydrogens is 350 g/mol. The maximum Gasteiger partial charge on any atom is 0.274 e. The molecule has 0 bridgehead atoms. The van der Waals surface area contributed by atoms with E-state index in [2.05, 4.69) is 25.8 Å². The number of anilines is 3. The highest BCUT2D eigenvalue weighted by molar-refractivity contribution is 6.04. The van der Waals surface area contributed by atoms with Gasteiger partial charge in [0.2, 0.25) is 5.95 Å². The number of hydrogen-bond acceptors (Lipinski definition) is 8. The van der Waals surface area contributed by atoms with Gasteiger partial charge in [0.15, 0.2) is 5.82 Å². The maximum atomic E-state index is 12.6. The molecule has 3 rings (SSSR count). The third kappa shape index (κ3) is 4.32. The molecule has 1 aromatic carbocycles. The normalized spacial score (nSPS) is 10.4. The number of amides is 1. The minimum absolute atomic E-state index is 0.197. The fourth-order valence-corrected chi connectivity index (χ4v) is 2.37. The smallest absolute Gasteiger partial charge is 0.274 e. The van der Waals surface area contributed by atoms with E-state index in [1.165, 1.54) is 7.11 Å². The van der Waals surface area contributed by atoms with E-state index in [4.69, 9.17) is 14.0 Å². The van der Waals surface area contributed by atoms with Gasteiger partial charge in [-0.15, -0.1) is 0 Å². The Kier molecular flexibility index (Phi) is 5.20. The van der Waals surface area contributed by atoms with Gasteiger partial charge in [-0.1, -0.05) is 5.16 Å². The number of rotatable bonds is 6. The summed E-state index contributed by atoms with van der Waals surface area (Å²) in [5.41, 5.74) is 1.32. The van der Waals surface area contributed by atoms with Crippen molar-refractivity contribution in [3.8, 4) is 11.5 Å². The molecule has 0 saturated carbocycles. The molecule has 0 aliphatic carbocycles. The first kappa shape index (κ1) is 18.2. The monoisotopic (exact) mass is 369 g/mol. The predicted molar refractivity (Wildman–Crippen MR) is 98.8 cm³/mol. The number of benzene rings is 1. The molecule has 2 heterocycles. The lowest BCUT2D eigenvalue weighted by Crippen LogP contribution is -2.16. The summed E-state index contributed by atoms with van der Waals surface area (Å²) in [5.74, 6) is 2.05. The van der Waals surface area contributed by atoms with E-state index in [-0.39, 0.29) is 11.6 Å². The van der Waals surface area contributed by atoms with Crippen LogP contribution in [0, 0.1) is 13.8 Å². The van der Waals surface area contributed by atoms with Gasteiger partial charge in [0.25, 0.3) is 5.91 Å². The highest BCUT2D eigenvalue weighted by Crippen LogP contribution is 2.29. The van der Waals surface area contributed by atoms with Crippen LogP contribution < -0.4 is 20.1 Å². The number of nitrogens with zero attached hydrogens (tertiary/aromatic N) is 3. The Morgan fingerprint density at radius 2 is 1.89 bits per heavy atom. The van der Waals surface area contributed by atoms with Crippen molar-refractivity contribution in [2.75, 3.05) is 24.9 Å². The Hall–Kier alpha value is -3.62. The predicted octanol–water partition coefficient (Wildman–Crippen LogP) is 3.09. The summed E-state index contributed by atoms with van der Waals surface area (Å²) in [7, 11) is 3.07. The van der Waals surface area contributed by atoms with E-state index in [9.17, 15) is 4.79 Å². The molecule has 0 unspecified atom stereocenters. The van der Waals surface area contributed by atoms with Gasteiger partial charge in [-0.2, -0.15) is 0 Å². The SMILES string of the molecule is COc1ccc(NC(=O)c2cc(C)nc(Nc3cc(C)on3)n2)c(OC)c1. The average Bonchev–Trinajstić information content (AvgIpc) is 3.06. The van der Waals surface area contributed by atoms with Crippen LogP contribution in [0.15, 0.2) is 34.9 Å². The van der Waals surface area contributed by atoms with Crippen molar-refractivity contribution in [3.63, 3.8) is 0 Å². The third-order valence-electron chi connectivity index (χ3n) is 3.61. The topological polar surface area (TPSA) is 111 Å². The number of aromatic nitrogens is 3. The van der Waals surface area contributed by atoms with Gasteiger partial charge >= 0.3 is 0 Å². The average molecular weight is 369 g/mol. The molecular formula is C18H19N5O4. The van der Waals surface area contributed by atoms with E-state index in [1.54, 1.807) is 51.3 Å². The first-order valence-electron chi connectivity index (χ1n) is 8.08. The highest BCUT2D eigenvalue weighted by atomic mass is 16.5. The number of methoxy groups -OCH3 is 2. The zero-order valence-electron chi connectivity index (χ0n) is 15.4. The third-order valence-corrected chi connectivity index (χ3v) is 3.61. The first-order chi connectivity index (χ1) is 13.0. The molecule has 2 aromatic heterocycles. The van der Waals surface area contributed by atoms with Crippen LogP contribution in [0.2, 0.25) is 0 Å². The summed E-state index contributed by atoms with van der Waals surface area (Å²) in [6.45, 7) is 3.54. The van der Waals surface area contributed by atoms with Gasteiger partial charge in [0.1, 0.15) is 23.0 Å². The molecule has 0 aliphatic rings. The molecule has 0 fully saturated rings. The van der Waals surface area contributed by atoms with E-state index in [0.29, 0.717) is 34.5 Å². The highest BCUT2D eigenvalue weighted by Gasteiger charge is 2.14. The Labute approximate surface area is 155 Å².